The number of morpholine rings is 1. The molecule has 0 radical (unpaired) electrons. The molecule has 4 rings (SSSR count). The van der Waals surface area contributed by atoms with Gasteiger partial charge in [-0.25, -0.2) is 4.79 Å². The van der Waals surface area contributed by atoms with Crippen molar-refractivity contribution >= 4 is 17.0 Å². The molecule has 3 aromatic rings. The highest BCUT2D eigenvalue weighted by Crippen LogP contribution is 2.19. The van der Waals surface area contributed by atoms with Crippen molar-refractivity contribution in [3.8, 4) is 0 Å². The van der Waals surface area contributed by atoms with Crippen molar-refractivity contribution < 1.29 is 18.7 Å². The summed E-state index contributed by atoms with van der Waals surface area (Å²) in [5.74, 6) is -0.338. The van der Waals surface area contributed by atoms with Gasteiger partial charge < -0.3 is 18.8 Å². The number of carbonyl (C=O) groups is 1. The average molecular weight is 388 g/mol. The first-order valence-electron chi connectivity index (χ1n) is 8.90. The lowest BCUT2D eigenvalue weighted by Crippen LogP contribution is -2.44. The molecule has 1 saturated heterocycles. The third kappa shape index (κ3) is 3.66. The number of tetrazole rings is 1. The van der Waals surface area contributed by atoms with E-state index in [1.165, 1.54) is 9.36 Å². The Balaban J connectivity index is 1.45. The molecule has 1 aromatic carbocycles. The fourth-order valence-electron chi connectivity index (χ4n) is 3.08. The van der Waals surface area contributed by atoms with Gasteiger partial charge in [0.05, 0.1) is 31.8 Å². The molecule has 11 nitrogen and oxygen atoms in total. The van der Waals surface area contributed by atoms with Crippen LogP contribution in [0, 0.1) is 0 Å². The van der Waals surface area contributed by atoms with Gasteiger partial charge in [-0.15, -0.1) is 10.2 Å². The van der Waals surface area contributed by atoms with Gasteiger partial charge in [-0.1, -0.05) is 12.1 Å². The van der Waals surface area contributed by atoms with Gasteiger partial charge in [0.2, 0.25) is 11.7 Å². The van der Waals surface area contributed by atoms with E-state index < -0.39 is 11.9 Å². The summed E-state index contributed by atoms with van der Waals surface area (Å²) in [5, 5.41) is 12.2. The number of hydrogen-bond acceptors (Lipinski definition) is 8. The van der Waals surface area contributed by atoms with Crippen LogP contribution in [-0.2, 0) is 27.4 Å². The fourth-order valence-corrected chi connectivity index (χ4v) is 3.08. The van der Waals surface area contributed by atoms with Crippen LogP contribution < -0.4 is 5.76 Å². The van der Waals surface area contributed by atoms with Crippen LogP contribution in [0.4, 0.5) is 0 Å². The van der Waals surface area contributed by atoms with Gasteiger partial charge in [-0.2, -0.15) is 4.80 Å². The summed E-state index contributed by atoms with van der Waals surface area (Å²) < 4.78 is 17.2. The van der Waals surface area contributed by atoms with Crippen LogP contribution in [0.2, 0.25) is 0 Å². The van der Waals surface area contributed by atoms with Gasteiger partial charge in [0.1, 0.15) is 12.6 Å². The van der Waals surface area contributed by atoms with Crippen LogP contribution in [0.25, 0.3) is 11.1 Å². The summed E-state index contributed by atoms with van der Waals surface area (Å²) in [4.78, 5) is 27.9. The largest absolute Gasteiger partial charge is 0.420 e. The second-order valence-electron chi connectivity index (χ2n) is 6.36. The molecule has 2 aromatic heterocycles. The molecular formula is C17H20N6O5. The lowest BCUT2D eigenvalue weighted by molar-refractivity contribution is -0.140. The smallest absolute Gasteiger partial charge is 0.408 e. The molecular weight excluding hydrogens is 368 g/mol. The quantitative estimate of drug-likeness (QED) is 0.571. The molecule has 28 heavy (non-hydrogen) atoms. The van der Waals surface area contributed by atoms with Crippen molar-refractivity contribution in [3.63, 3.8) is 0 Å². The van der Waals surface area contributed by atoms with Crippen molar-refractivity contribution in [2.24, 2.45) is 0 Å². The molecule has 1 aliphatic heterocycles. The topological polar surface area (TPSA) is 118 Å². The van der Waals surface area contributed by atoms with E-state index in [0.717, 1.165) is 0 Å². The van der Waals surface area contributed by atoms with Crippen LogP contribution in [-0.4, -0.2) is 69.0 Å². The Kier molecular flexibility index (Phi) is 5.17. The zero-order valence-corrected chi connectivity index (χ0v) is 15.4. The number of fused-ring (bicyclic) bond motifs is 1. The average Bonchev–Trinajstić information content (AvgIpc) is 3.31. The minimum Gasteiger partial charge on any atom is -0.408 e. The number of oxazole rings is 1. The molecule has 1 amide bonds. The first-order valence-corrected chi connectivity index (χ1v) is 8.90. The maximum absolute atomic E-state index is 12.8. The number of benzene rings is 1. The molecule has 0 saturated carbocycles. The Morgan fingerprint density at radius 1 is 1.36 bits per heavy atom. The van der Waals surface area contributed by atoms with Crippen molar-refractivity contribution in [1.82, 2.24) is 29.7 Å². The number of aromatic nitrogens is 5. The van der Waals surface area contributed by atoms with Crippen LogP contribution in [0.3, 0.4) is 0 Å². The van der Waals surface area contributed by atoms with Crippen molar-refractivity contribution in [1.29, 1.82) is 0 Å². The number of methoxy groups -OCH3 is 1. The normalized spacial score (nSPS) is 17.3. The number of carbonyl (C=O) groups excluding carboxylic acids is 1. The van der Waals surface area contributed by atoms with E-state index in [9.17, 15) is 9.59 Å². The first kappa shape index (κ1) is 18.3. The predicted octanol–water partition coefficient (Wildman–Crippen LogP) is -0.172. The molecule has 0 spiro atoms. The number of para-hydroxylation sites is 2. The highest BCUT2D eigenvalue weighted by molar-refractivity contribution is 5.79. The third-order valence-electron chi connectivity index (χ3n) is 4.54. The molecule has 148 valence electrons. The second-order valence-corrected chi connectivity index (χ2v) is 6.36. The highest BCUT2D eigenvalue weighted by Gasteiger charge is 2.29. The SMILES string of the molecule is COCCn1nnc(C2CN(C(=O)Cn3c(=O)oc4ccccc43)CCO2)n1. The lowest BCUT2D eigenvalue weighted by atomic mass is 10.2. The van der Waals surface area contributed by atoms with Gasteiger partial charge in [0.25, 0.3) is 0 Å². The van der Waals surface area contributed by atoms with Gasteiger partial charge in [-0.05, 0) is 17.3 Å². The molecule has 11 heteroatoms. The Labute approximate surface area is 159 Å². The minimum absolute atomic E-state index is 0.101. The van der Waals surface area contributed by atoms with Crippen LogP contribution in [0.5, 0.6) is 0 Å². The fraction of sp³-hybridized carbons (Fsp3) is 0.471. The summed E-state index contributed by atoms with van der Waals surface area (Å²) in [6.07, 6.45) is -0.466. The second kappa shape index (κ2) is 7.90. The number of nitrogens with zero attached hydrogens (tertiary/aromatic N) is 6. The van der Waals surface area contributed by atoms with Crippen LogP contribution >= 0.6 is 0 Å². The van der Waals surface area contributed by atoms with E-state index in [0.29, 0.717) is 49.8 Å². The first-order chi connectivity index (χ1) is 13.7. The van der Waals surface area contributed by atoms with Crippen molar-refractivity contribution in [3.05, 3.63) is 40.6 Å². The molecule has 1 aliphatic rings. The minimum atomic E-state index is -0.554. The molecule has 0 N–H and O–H groups in total. The molecule has 0 aliphatic carbocycles. The number of amides is 1. The van der Waals surface area contributed by atoms with Crippen molar-refractivity contribution in [2.45, 2.75) is 19.2 Å². The molecule has 1 fully saturated rings. The monoisotopic (exact) mass is 388 g/mol. The van der Waals surface area contributed by atoms with E-state index in [2.05, 4.69) is 15.4 Å². The zero-order valence-electron chi connectivity index (χ0n) is 15.4. The van der Waals surface area contributed by atoms with E-state index in [1.54, 1.807) is 36.3 Å². The Bertz CT molecular complexity index is 1020. The molecule has 3 heterocycles. The van der Waals surface area contributed by atoms with E-state index >= 15 is 0 Å². The summed E-state index contributed by atoms with van der Waals surface area (Å²) >= 11 is 0. The zero-order chi connectivity index (χ0) is 19.5. The molecule has 1 unspecified atom stereocenters. The summed E-state index contributed by atoms with van der Waals surface area (Å²) in [6, 6.07) is 7.01. The maximum atomic E-state index is 12.8. The van der Waals surface area contributed by atoms with E-state index in [-0.39, 0.29) is 12.5 Å². The molecule has 0 bridgehead atoms. The van der Waals surface area contributed by atoms with Gasteiger partial charge in [0, 0.05) is 13.7 Å². The number of rotatable bonds is 6. The van der Waals surface area contributed by atoms with Gasteiger partial charge in [0.15, 0.2) is 5.58 Å². The van der Waals surface area contributed by atoms with Gasteiger partial charge >= 0.3 is 5.76 Å². The third-order valence-corrected chi connectivity index (χ3v) is 4.54. The number of hydrogen-bond donors (Lipinski definition) is 0. The maximum Gasteiger partial charge on any atom is 0.420 e. The summed E-state index contributed by atoms with van der Waals surface area (Å²) in [7, 11) is 1.60. The standard InChI is InChI=1S/C17H20N6O5/c1-26-8-7-23-19-16(18-20-23)14-10-21(6-9-27-14)15(24)11-22-12-4-2-3-5-13(12)28-17(22)25/h2-5,14H,6-11H2,1H3. The predicted molar refractivity (Wildman–Crippen MR) is 95.4 cm³/mol. The van der Waals surface area contributed by atoms with Gasteiger partial charge in [-0.3, -0.25) is 9.36 Å². The van der Waals surface area contributed by atoms with Crippen LogP contribution in [0.15, 0.2) is 33.5 Å². The Morgan fingerprint density at radius 3 is 3.07 bits per heavy atom. The van der Waals surface area contributed by atoms with E-state index in [4.69, 9.17) is 13.9 Å². The van der Waals surface area contributed by atoms with Crippen molar-refractivity contribution in [2.75, 3.05) is 33.4 Å². The Morgan fingerprint density at radius 2 is 2.21 bits per heavy atom. The number of ether oxygens (including phenoxy) is 2. The lowest BCUT2D eigenvalue weighted by Gasteiger charge is -2.31. The molecule has 1 atom stereocenters. The highest BCUT2D eigenvalue weighted by atomic mass is 16.5. The summed E-state index contributed by atoms with van der Waals surface area (Å²) in [6.45, 7) is 1.92. The van der Waals surface area contributed by atoms with E-state index in [1.807, 2.05) is 0 Å². The Hall–Kier alpha value is -3.05. The van der Waals surface area contributed by atoms with Crippen LogP contribution in [0.1, 0.15) is 11.9 Å². The summed E-state index contributed by atoms with van der Waals surface area (Å²) in [5.41, 5.74) is 1.05.